The number of aryl methyl sites for hydroxylation is 1. The summed E-state index contributed by atoms with van der Waals surface area (Å²) < 4.78 is 41.6. The summed E-state index contributed by atoms with van der Waals surface area (Å²) >= 11 is 0. The van der Waals surface area contributed by atoms with Crippen LogP contribution in [0.5, 0.6) is 5.88 Å². The van der Waals surface area contributed by atoms with E-state index in [0.29, 0.717) is 37.0 Å². The van der Waals surface area contributed by atoms with Crippen LogP contribution in [0.15, 0.2) is 12.1 Å². The topological polar surface area (TPSA) is 37.2 Å². The summed E-state index contributed by atoms with van der Waals surface area (Å²) in [5.74, 6) is -0.267. The lowest BCUT2D eigenvalue weighted by atomic mass is 9.99. The van der Waals surface area contributed by atoms with E-state index in [1.165, 1.54) is 6.07 Å². The van der Waals surface area contributed by atoms with E-state index in [-0.39, 0.29) is 11.3 Å². The Balaban J connectivity index is 2.35. The third kappa shape index (κ3) is 2.27. The lowest BCUT2D eigenvalue weighted by Gasteiger charge is -2.17. The fourth-order valence-corrected chi connectivity index (χ4v) is 3.06. The summed E-state index contributed by atoms with van der Waals surface area (Å²) in [7, 11) is 0. The Morgan fingerprint density at radius 2 is 2.10 bits per heavy atom. The molecule has 0 fully saturated rings. The number of nitrogens with one attached hydrogen (secondary N) is 1. The standard InChI is InChI=1S/C15H17F3N2O/c1-2-3-9-6-10-12-8-19-4-5-20(12)14(21)13(10)11(7-9)15(16,17)18/h6-7,19,21H,2-5,8H2,1H3. The molecule has 6 heteroatoms. The molecule has 0 saturated heterocycles. The molecule has 0 radical (unpaired) electrons. The zero-order valence-corrected chi connectivity index (χ0v) is 11.7. The van der Waals surface area contributed by atoms with E-state index >= 15 is 0 Å². The first kappa shape index (κ1) is 14.3. The van der Waals surface area contributed by atoms with E-state index in [2.05, 4.69) is 5.32 Å². The number of aromatic nitrogens is 1. The molecule has 2 aromatic rings. The summed E-state index contributed by atoms with van der Waals surface area (Å²) in [6.45, 7) is 3.54. The Kier molecular flexibility index (Phi) is 3.36. The first-order valence-electron chi connectivity index (χ1n) is 7.08. The maximum atomic E-state index is 13.3. The SMILES string of the molecule is CCCc1cc(C(F)(F)F)c2c(O)n3c(c2c1)CNCC3. The van der Waals surface area contributed by atoms with Gasteiger partial charge in [0.1, 0.15) is 0 Å². The predicted octanol–water partition coefficient (Wildman–Crippen LogP) is 3.42. The van der Waals surface area contributed by atoms with E-state index in [1.807, 2.05) is 6.92 Å². The molecule has 0 amide bonds. The number of nitrogens with zero attached hydrogens (tertiary/aromatic N) is 1. The van der Waals surface area contributed by atoms with Crippen LogP contribution in [0.2, 0.25) is 0 Å². The highest BCUT2D eigenvalue weighted by atomic mass is 19.4. The van der Waals surface area contributed by atoms with E-state index in [4.69, 9.17) is 0 Å². The van der Waals surface area contributed by atoms with Gasteiger partial charge in [0.25, 0.3) is 0 Å². The van der Waals surface area contributed by atoms with Crippen molar-refractivity contribution in [1.82, 2.24) is 9.88 Å². The highest BCUT2D eigenvalue weighted by Crippen LogP contribution is 2.43. The molecule has 1 aromatic heterocycles. The maximum absolute atomic E-state index is 13.3. The number of rotatable bonds is 2. The zero-order valence-electron chi connectivity index (χ0n) is 11.7. The maximum Gasteiger partial charge on any atom is 0.417 e. The summed E-state index contributed by atoms with van der Waals surface area (Å²) in [5.41, 5.74) is 0.663. The number of hydrogen-bond donors (Lipinski definition) is 2. The second-order valence-electron chi connectivity index (χ2n) is 5.41. The second kappa shape index (κ2) is 4.94. The van der Waals surface area contributed by atoms with Gasteiger partial charge in [-0.3, -0.25) is 0 Å². The molecule has 2 N–H and O–H groups in total. The molecule has 0 spiro atoms. The lowest BCUT2D eigenvalue weighted by molar-refractivity contribution is -0.136. The van der Waals surface area contributed by atoms with Crippen molar-refractivity contribution in [3.05, 3.63) is 29.0 Å². The molecular formula is C15H17F3N2O. The molecule has 0 unspecified atom stereocenters. The van der Waals surface area contributed by atoms with Crippen molar-refractivity contribution in [3.8, 4) is 5.88 Å². The average molecular weight is 298 g/mol. The summed E-state index contributed by atoms with van der Waals surface area (Å²) in [6.07, 6.45) is -3.09. The molecule has 0 saturated carbocycles. The first-order chi connectivity index (χ1) is 9.93. The van der Waals surface area contributed by atoms with Crippen molar-refractivity contribution in [3.63, 3.8) is 0 Å². The van der Waals surface area contributed by atoms with Gasteiger partial charge in [-0.25, -0.2) is 0 Å². The molecule has 0 aliphatic carbocycles. The average Bonchev–Trinajstić information content (AvgIpc) is 2.72. The van der Waals surface area contributed by atoms with Crippen molar-refractivity contribution in [1.29, 1.82) is 0 Å². The van der Waals surface area contributed by atoms with Gasteiger partial charge in [0.15, 0.2) is 5.88 Å². The van der Waals surface area contributed by atoms with Crippen LogP contribution in [0.4, 0.5) is 13.2 Å². The van der Waals surface area contributed by atoms with Crippen LogP contribution in [-0.2, 0) is 25.7 Å². The van der Waals surface area contributed by atoms with Crippen LogP contribution in [0.25, 0.3) is 10.8 Å². The Labute approximate surface area is 120 Å². The van der Waals surface area contributed by atoms with Crippen molar-refractivity contribution in [2.24, 2.45) is 0 Å². The molecule has 1 aromatic carbocycles. The van der Waals surface area contributed by atoms with Crippen LogP contribution < -0.4 is 5.32 Å². The Morgan fingerprint density at radius 3 is 2.76 bits per heavy atom. The highest BCUT2D eigenvalue weighted by Gasteiger charge is 2.36. The molecule has 2 heterocycles. The molecule has 1 aliphatic heterocycles. The largest absolute Gasteiger partial charge is 0.494 e. The van der Waals surface area contributed by atoms with Gasteiger partial charge >= 0.3 is 6.18 Å². The number of halogens is 3. The van der Waals surface area contributed by atoms with Crippen LogP contribution in [0.1, 0.15) is 30.2 Å². The van der Waals surface area contributed by atoms with Gasteiger partial charge in [-0.1, -0.05) is 13.3 Å². The monoisotopic (exact) mass is 298 g/mol. The minimum atomic E-state index is -4.47. The number of alkyl halides is 3. The normalized spacial score (nSPS) is 15.4. The van der Waals surface area contributed by atoms with Gasteiger partial charge in [0, 0.05) is 30.7 Å². The summed E-state index contributed by atoms with van der Waals surface area (Å²) in [4.78, 5) is 0. The third-order valence-electron chi connectivity index (χ3n) is 3.96. The van der Waals surface area contributed by atoms with E-state index < -0.39 is 11.7 Å². The quantitative estimate of drug-likeness (QED) is 0.891. The smallest absolute Gasteiger partial charge is 0.417 e. The van der Waals surface area contributed by atoms with Crippen LogP contribution in [-0.4, -0.2) is 16.2 Å². The Bertz CT molecular complexity index is 689. The lowest BCUT2D eigenvalue weighted by Crippen LogP contribution is -2.27. The minimum Gasteiger partial charge on any atom is -0.494 e. The third-order valence-corrected chi connectivity index (χ3v) is 3.96. The number of aromatic hydroxyl groups is 1. The van der Waals surface area contributed by atoms with Gasteiger partial charge < -0.3 is 15.0 Å². The number of benzene rings is 1. The molecule has 3 rings (SSSR count). The number of fused-ring (bicyclic) bond motifs is 3. The molecular weight excluding hydrogens is 281 g/mol. The predicted molar refractivity (Wildman–Crippen MR) is 74.3 cm³/mol. The number of hydrogen-bond acceptors (Lipinski definition) is 2. The first-order valence-corrected chi connectivity index (χ1v) is 7.08. The van der Waals surface area contributed by atoms with Crippen molar-refractivity contribution in [2.45, 2.75) is 39.0 Å². The highest BCUT2D eigenvalue weighted by molar-refractivity contribution is 5.95. The van der Waals surface area contributed by atoms with Crippen LogP contribution in [0.3, 0.4) is 0 Å². The fraction of sp³-hybridized carbons (Fsp3) is 0.467. The zero-order chi connectivity index (χ0) is 15.2. The molecule has 0 atom stereocenters. The van der Waals surface area contributed by atoms with E-state index in [0.717, 1.165) is 12.1 Å². The van der Waals surface area contributed by atoms with Gasteiger partial charge in [0.05, 0.1) is 10.9 Å². The molecule has 0 bridgehead atoms. The second-order valence-corrected chi connectivity index (χ2v) is 5.41. The fourth-order valence-electron chi connectivity index (χ4n) is 3.06. The van der Waals surface area contributed by atoms with Crippen LogP contribution in [0, 0.1) is 0 Å². The van der Waals surface area contributed by atoms with Gasteiger partial charge in [-0.15, -0.1) is 0 Å². The molecule has 3 nitrogen and oxygen atoms in total. The van der Waals surface area contributed by atoms with Crippen LogP contribution >= 0.6 is 0 Å². The van der Waals surface area contributed by atoms with Gasteiger partial charge in [-0.2, -0.15) is 13.2 Å². The van der Waals surface area contributed by atoms with E-state index in [1.54, 1.807) is 10.6 Å². The molecule has 21 heavy (non-hydrogen) atoms. The van der Waals surface area contributed by atoms with Crippen molar-refractivity contribution >= 4 is 10.8 Å². The Morgan fingerprint density at radius 1 is 1.33 bits per heavy atom. The minimum absolute atomic E-state index is 0.0685. The molecule has 1 aliphatic rings. The van der Waals surface area contributed by atoms with E-state index in [9.17, 15) is 18.3 Å². The van der Waals surface area contributed by atoms with Crippen molar-refractivity contribution < 1.29 is 18.3 Å². The van der Waals surface area contributed by atoms with Gasteiger partial charge in [-0.05, 0) is 24.1 Å². The van der Waals surface area contributed by atoms with Crippen molar-refractivity contribution in [2.75, 3.05) is 6.54 Å². The Hall–Kier alpha value is -1.69. The summed E-state index contributed by atoms with van der Waals surface area (Å²) in [6, 6.07) is 2.96. The summed E-state index contributed by atoms with van der Waals surface area (Å²) in [5, 5.41) is 13.8. The molecule has 114 valence electrons. The van der Waals surface area contributed by atoms with Gasteiger partial charge in [0.2, 0.25) is 0 Å².